The van der Waals surface area contributed by atoms with Crippen LogP contribution in [0.3, 0.4) is 0 Å². The van der Waals surface area contributed by atoms with Crippen LogP contribution in [-0.4, -0.2) is 49.8 Å². The van der Waals surface area contributed by atoms with E-state index in [2.05, 4.69) is 30.7 Å². The van der Waals surface area contributed by atoms with Crippen LogP contribution >= 0.6 is 11.8 Å². The highest BCUT2D eigenvalue weighted by Gasteiger charge is 2.59. The van der Waals surface area contributed by atoms with Gasteiger partial charge in [-0.15, -0.1) is 0 Å². The van der Waals surface area contributed by atoms with Crippen LogP contribution in [-0.2, 0) is 4.74 Å². The van der Waals surface area contributed by atoms with Gasteiger partial charge in [0.15, 0.2) is 5.96 Å². The van der Waals surface area contributed by atoms with Gasteiger partial charge >= 0.3 is 0 Å². The smallest absolute Gasteiger partial charge is 0.191 e. The molecule has 5 heteroatoms. The van der Waals surface area contributed by atoms with E-state index in [9.17, 15) is 0 Å². The van der Waals surface area contributed by atoms with Gasteiger partial charge < -0.3 is 15.4 Å². The number of hydrogen-bond donors (Lipinski definition) is 2. The Balaban J connectivity index is 1.82. The number of aliphatic imine (C=N–C) groups is 1. The van der Waals surface area contributed by atoms with E-state index < -0.39 is 0 Å². The lowest BCUT2D eigenvalue weighted by atomic mass is 9.51. The van der Waals surface area contributed by atoms with E-state index in [4.69, 9.17) is 9.73 Å². The van der Waals surface area contributed by atoms with Crippen molar-refractivity contribution < 1.29 is 4.74 Å². The van der Waals surface area contributed by atoms with Crippen LogP contribution in [0.25, 0.3) is 0 Å². The van der Waals surface area contributed by atoms with Gasteiger partial charge in [0.05, 0.1) is 6.10 Å². The van der Waals surface area contributed by atoms with Crippen LogP contribution < -0.4 is 10.6 Å². The summed E-state index contributed by atoms with van der Waals surface area (Å²) in [5.74, 6) is 2.24. The fourth-order valence-corrected chi connectivity index (χ4v) is 4.17. The number of thioether (sulfide) groups is 1. The van der Waals surface area contributed by atoms with Crippen LogP contribution in [0.4, 0.5) is 0 Å². The molecule has 2 aliphatic carbocycles. The van der Waals surface area contributed by atoms with Crippen molar-refractivity contribution in [2.24, 2.45) is 10.4 Å². The Hall–Kier alpha value is -0.420. The van der Waals surface area contributed by atoms with Gasteiger partial charge in [0.2, 0.25) is 0 Å². The second-order valence-corrected chi connectivity index (χ2v) is 7.41. The lowest BCUT2D eigenvalue weighted by Gasteiger charge is -2.61. The molecule has 0 heterocycles. The predicted octanol–water partition coefficient (Wildman–Crippen LogP) is 3.03. The molecule has 0 saturated heterocycles. The standard InChI is InChI=1S/C17H33N3OS/c1-4-18-16(19-11-6-7-12-22-3)20-14-13-15(21-5-2)17(14)9-8-10-17/h14-15H,4-13H2,1-3H3,(H2,18,19,20). The van der Waals surface area contributed by atoms with E-state index in [0.29, 0.717) is 17.6 Å². The van der Waals surface area contributed by atoms with Crippen LogP contribution in [0.5, 0.6) is 0 Å². The zero-order valence-electron chi connectivity index (χ0n) is 14.5. The average Bonchev–Trinajstić information content (AvgIpc) is 2.44. The molecule has 0 aromatic heterocycles. The molecule has 0 bridgehead atoms. The van der Waals surface area contributed by atoms with Gasteiger partial charge in [-0.05, 0) is 58.0 Å². The van der Waals surface area contributed by atoms with Gasteiger partial charge in [-0.3, -0.25) is 4.99 Å². The Kier molecular flexibility index (Phi) is 7.35. The fourth-order valence-electron chi connectivity index (χ4n) is 3.67. The van der Waals surface area contributed by atoms with Crippen molar-refractivity contribution in [1.82, 2.24) is 10.6 Å². The molecule has 22 heavy (non-hydrogen) atoms. The Bertz CT molecular complexity index is 358. The lowest BCUT2D eigenvalue weighted by molar-refractivity contribution is -0.168. The first kappa shape index (κ1) is 17.9. The summed E-state index contributed by atoms with van der Waals surface area (Å²) in [6.07, 6.45) is 10.2. The molecule has 128 valence electrons. The Labute approximate surface area is 140 Å². The molecule has 2 atom stereocenters. The predicted molar refractivity (Wildman–Crippen MR) is 96.8 cm³/mol. The number of nitrogens with one attached hydrogen (secondary N) is 2. The molecule has 4 nitrogen and oxygen atoms in total. The van der Waals surface area contributed by atoms with Crippen LogP contribution in [0, 0.1) is 5.41 Å². The molecule has 2 N–H and O–H groups in total. The first-order chi connectivity index (χ1) is 10.8. The number of unbranched alkanes of at least 4 members (excludes halogenated alkanes) is 1. The molecular formula is C17H33N3OS. The van der Waals surface area contributed by atoms with Crippen molar-refractivity contribution in [1.29, 1.82) is 0 Å². The number of nitrogens with zero attached hydrogens (tertiary/aromatic N) is 1. The molecule has 0 radical (unpaired) electrons. The van der Waals surface area contributed by atoms with Gasteiger partial charge in [-0.1, -0.05) is 6.42 Å². The van der Waals surface area contributed by atoms with Gasteiger partial charge in [0, 0.05) is 31.2 Å². The van der Waals surface area contributed by atoms with E-state index in [1.807, 2.05) is 11.8 Å². The van der Waals surface area contributed by atoms with Crippen molar-refractivity contribution in [3.8, 4) is 0 Å². The van der Waals surface area contributed by atoms with Crippen LogP contribution in [0.1, 0.15) is 52.4 Å². The second-order valence-electron chi connectivity index (χ2n) is 6.42. The molecule has 0 aromatic carbocycles. The van der Waals surface area contributed by atoms with E-state index in [-0.39, 0.29) is 0 Å². The monoisotopic (exact) mass is 327 g/mol. The third-order valence-electron chi connectivity index (χ3n) is 5.12. The number of hydrogen-bond acceptors (Lipinski definition) is 3. The minimum absolute atomic E-state index is 0.394. The topological polar surface area (TPSA) is 45.7 Å². The minimum Gasteiger partial charge on any atom is -0.378 e. The molecule has 0 aliphatic heterocycles. The first-order valence-electron chi connectivity index (χ1n) is 8.92. The highest BCUT2D eigenvalue weighted by Crippen LogP contribution is 2.57. The quantitative estimate of drug-likeness (QED) is 0.388. The Morgan fingerprint density at radius 3 is 2.73 bits per heavy atom. The summed E-state index contributed by atoms with van der Waals surface area (Å²) in [5.41, 5.74) is 0.394. The number of rotatable bonds is 9. The Morgan fingerprint density at radius 1 is 1.32 bits per heavy atom. The first-order valence-corrected chi connectivity index (χ1v) is 10.3. The third kappa shape index (κ3) is 4.10. The van der Waals surface area contributed by atoms with Crippen molar-refractivity contribution >= 4 is 17.7 Å². The summed E-state index contributed by atoms with van der Waals surface area (Å²) in [7, 11) is 0. The van der Waals surface area contributed by atoms with Crippen LogP contribution in [0.15, 0.2) is 4.99 Å². The summed E-state index contributed by atoms with van der Waals surface area (Å²) in [4.78, 5) is 4.75. The van der Waals surface area contributed by atoms with Crippen molar-refractivity contribution in [3.63, 3.8) is 0 Å². The molecule has 0 aromatic rings. The molecular weight excluding hydrogens is 294 g/mol. The van der Waals surface area contributed by atoms with Crippen molar-refractivity contribution in [2.75, 3.05) is 31.7 Å². The highest BCUT2D eigenvalue weighted by molar-refractivity contribution is 7.98. The Morgan fingerprint density at radius 2 is 2.14 bits per heavy atom. The largest absolute Gasteiger partial charge is 0.378 e. The third-order valence-corrected chi connectivity index (χ3v) is 5.82. The van der Waals surface area contributed by atoms with Crippen LogP contribution in [0.2, 0.25) is 0 Å². The maximum atomic E-state index is 5.93. The molecule has 2 fully saturated rings. The summed E-state index contributed by atoms with van der Waals surface area (Å²) in [6, 6.07) is 0.543. The molecule has 0 amide bonds. The molecule has 2 unspecified atom stereocenters. The lowest BCUT2D eigenvalue weighted by Crippen LogP contribution is -2.68. The maximum absolute atomic E-state index is 5.93. The van der Waals surface area contributed by atoms with Gasteiger partial charge in [-0.2, -0.15) is 11.8 Å². The molecule has 2 aliphatic rings. The zero-order chi connectivity index (χ0) is 15.8. The van der Waals surface area contributed by atoms with Gasteiger partial charge in [-0.25, -0.2) is 0 Å². The fraction of sp³-hybridized carbons (Fsp3) is 0.941. The molecule has 2 rings (SSSR count). The highest BCUT2D eigenvalue weighted by atomic mass is 32.2. The van der Waals surface area contributed by atoms with Crippen molar-refractivity contribution in [2.45, 2.75) is 64.5 Å². The molecule has 2 saturated carbocycles. The van der Waals surface area contributed by atoms with Gasteiger partial charge in [0.25, 0.3) is 0 Å². The number of ether oxygens (including phenoxy) is 1. The number of guanidine groups is 1. The summed E-state index contributed by atoms with van der Waals surface area (Å²) >= 11 is 1.92. The SMILES string of the molecule is CCNC(=NCCCCSC)NC1CC(OCC)C12CCC2. The maximum Gasteiger partial charge on any atom is 0.191 e. The average molecular weight is 328 g/mol. The summed E-state index contributed by atoms with van der Waals surface area (Å²) in [6.45, 7) is 6.92. The van der Waals surface area contributed by atoms with E-state index >= 15 is 0 Å². The minimum atomic E-state index is 0.394. The van der Waals surface area contributed by atoms with E-state index in [1.54, 1.807) is 0 Å². The van der Waals surface area contributed by atoms with E-state index in [1.165, 1.54) is 37.9 Å². The second kappa shape index (κ2) is 9.02. The zero-order valence-corrected chi connectivity index (χ0v) is 15.3. The van der Waals surface area contributed by atoms with Gasteiger partial charge in [0.1, 0.15) is 0 Å². The molecule has 1 spiro atoms. The normalized spacial score (nSPS) is 26.4. The summed E-state index contributed by atoms with van der Waals surface area (Å²) < 4.78 is 5.93. The van der Waals surface area contributed by atoms with E-state index in [0.717, 1.165) is 32.1 Å². The van der Waals surface area contributed by atoms with Crippen molar-refractivity contribution in [3.05, 3.63) is 0 Å². The summed E-state index contributed by atoms with van der Waals surface area (Å²) in [5, 5.41) is 7.08.